The number of carbonyl (C=O) groups excluding carboxylic acids is 2. The maximum Gasteiger partial charge on any atom is 0.222 e. The number of carbonyl (C=O) groups is 2. The Morgan fingerprint density at radius 3 is 2.69 bits per heavy atom. The van der Waals surface area contributed by atoms with Gasteiger partial charge in [-0.2, -0.15) is 0 Å². The van der Waals surface area contributed by atoms with E-state index in [0.717, 1.165) is 111 Å². The van der Waals surface area contributed by atoms with E-state index < -0.39 is 0 Å². The standard InChI is InChI=1S/C36H42ClN3O4S/c37-33-13-12-29(45-22-4-3-18-39(26-41)19-6-21-40-20-5-9-35(40)42)23-27(33)25-43-36(15-16-36)32-24-38-17-14-30(32)31-7-1-2-8-34(31)44-28-10-11-28/h1-2,7-8,12-14,17,23-24,26,28H,3-6,9-11,15-16,18-22,25H2. The van der Waals surface area contributed by atoms with E-state index in [1.54, 1.807) is 11.8 Å². The van der Waals surface area contributed by atoms with Gasteiger partial charge in [0.2, 0.25) is 12.3 Å². The molecule has 0 unspecified atom stereocenters. The number of thioether (sulfide) groups is 1. The van der Waals surface area contributed by atoms with Crippen LogP contribution in [0.4, 0.5) is 0 Å². The van der Waals surface area contributed by atoms with Gasteiger partial charge in [-0.05, 0) is 98.6 Å². The Balaban J connectivity index is 0.995. The van der Waals surface area contributed by atoms with E-state index in [4.69, 9.17) is 21.1 Å². The maximum atomic E-state index is 11.8. The Morgan fingerprint density at radius 2 is 1.91 bits per heavy atom. The monoisotopic (exact) mass is 647 g/mol. The molecule has 0 radical (unpaired) electrons. The first-order valence-corrected chi connectivity index (χ1v) is 17.6. The van der Waals surface area contributed by atoms with Crippen LogP contribution in [0, 0.1) is 0 Å². The number of aromatic nitrogens is 1. The molecule has 3 fully saturated rings. The van der Waals surface area contributed by atoms with Crippen LogP contribution in [0.3, 0.4) is 0 Å². The number of likely N-dealkylation sites (tertiary alicyclic amines) is 1. The second-order valence-electron chi connectivity index (χ2n) is 12.3. The van der Waals surface area contributed by atoms with Crippen LogP contribution < -0.4 is 4.74 Å². The van der Waals surface area contributed by atoms with Crippen LogP contribution >= 0.6 is 23.4 Å². The van der Waals surface area contributed by atoms with Crippen molar-refractivity contribution in [3.8, 4) is 16.9 Å². The second kappa shape index (κ2) is 15.0. The summed E-state index contributed by atoms with van der Waals surface area (Å²) in [6.45, 7) is 3.47. The number of hydrogen-bond acceptors (Lipinski definition) is 6. The Kier molecular flexibility index (Phi) is 10.6. The van der Waals surface area contributed by atoms with Crippen LogP contribution in [-0.2, 0) is 26.5 Å². The topological polar surface area (TPSA) is 72.0 Å². The lowest BCUT2D eigenvalue weighted by molar-refractivity contribution is -0.127. The van der Waals surface area contributed by atoms with Gasteiger partial charge in [-0.1, -0.05) is 29.8 Å². The molecule has 0 N–H and O–H groups in total. The number of nitrogens with zero attached hydrogens (tertiary/aromatic N) is 3. The van der Waals surface area contributed by atoms with Crippen molar-refractivity contribution in [1.82, 2.24) is 14.8 Å². The largest absolute Gasteiger partial charge is 0.490 e. The van der Waals surface area contributed by atoms with Gasteiger partial charge in [-0.25, -0.2) is 0 Å². The molecular weight excluding hydrogens is 606 g/mol. The second-order valence-corrected chi connectivity index (χ2v) is 13.9. The molecule has 2 amide bonds. The molecule has 3 aliphatic rings. The molecule has 1 aliphatic heterocycles. The van der Waals surface area contributed by atoms with Gasteiger partial charge in [0.05, 0.1) is 18.3 Å². The van der Waals surface area contributed by atoms with Gasteiger partial charge in [0.15, 0.2) is 0 Å². The molecule has 238 valence electrons. The van der Waals surface area contributed by atoms with Crippen LogP contribution in [0.25, 0.3) is 11.1 Å². The number of amides is 2. The quantitative estimate of drug-likeness (QED) is 0.0809. The highest BCUT2D eigenvalue weighted by Gasteiger charge is 2.47. The van der Waals surface area contributed by atoms with E-state index in [-0.39, 0.29) is 11.5 Å². The van der Waals surface area contributed by atoms with Gasteiger partial charge >= 0.3 is 0 Å². The van der Waals surface area contributed by atoms with Gasteiger partial charge < -0.3 is 19.3 Å². The predicted octanol–water partition coefficient (Wildman–Crippen LogP) is 7.49. The summed E-state index contributed by atoms with van der Waals surface area (Å²) >= 11 is 8.45. The molecule has 2 heterocycles. The predicted molar refractivity (Wildman–Crippen MR) is 179 cm³/mol. The zero-order valence-corrected chi connectivity index (χ0v) is 27.4. The number of ether oxygens (including phenoxy) is 2. The van der Waals surface area contributed by atoms with Crippen LogP contribution in [-0.4, -0.2) is 65.1 Å². The van der Waals surface area contributed by atoms with E-state index in [1.165, 1.54) is 4.90 Å². The highest BCUT2D eigenvalue weighted by atomic mass is 35.5. The number of unbranched alkanes of at least 4 members (excludes halogenated alkanes) is 1. The molecule has 2 aliphatic carbocycles. The minimum atomic E-state index is -0.378. The molecule has 7 nitrogen and oxygen atoms in total. The zero-order chi connectivity index (χ0) is 31.1. The highest BCUT2D eigenvalue weighted by molar-refractivity contribution is 7.99. The van der Waals surface area contributed by atoms with Crippen molar-refractivity contribution in [3.05, 3.63) is 77.1 Å². The summed E-state index contributed by atoms with van der Waals surface area (Å²) in [7, 11) is 0. The fourth-order valence-corrected chi connectivity index (χ4v) is 7.10. The molecular formula is C36H42ClN3O4S. The van der Waals surface area contributed by atoms with Crippen LogP contribution in [0.2, 0.25) is 5.02 Å². The summed E-state index contributed by atoms with van der Waals surface area (Å²) in [5, 5.41) is 0.710. The third kappa shape index (κ3) is 8.40. The summed E-state index contributed by atoms with van der Waals surface area (Å²) in [5.74, 6) is 2.12. The van der Waals surface area contributed by atoms with Gasteiger partial charge in [-0.15, -0.1) is 11.8 Å². The molecule has 2 aromatic carbocycles. The Morgan fingerprint density at radius 1 is 1.07 bits per heavy atom. The van der Waals surface area contributed by atoms with E-state index >= 15 is 0 Å². The van der Waals surface area contributed by atoms with Crippen LogP contribution in [0.5, 0.6) is 5.75 Å². The Hall–Kier alpha value is -3.07. The van der Waals surface area contributed by atoms with Crippen molar-refractivity contribution in [3.63, 3.8) is 0 Å². The zero-order valence-electron chi connectivity index (χ0n) is 25.8. The van der Waals surface area contributed by atoms with Crippen molar-refractivity contribution in [2.24, 2.45) is 0 Å². The highest BCUT2D eigenvalue weighted by Crippen LogP contribution is 2.53. The average molecular weight is 648 g/mol. The molecule has 1 aromatic heterocycles. The van der Waals surface area contributed by atoms with E-state index in [2.05, 4.69) is 41.4 Å². The lowest BCUT2D eigenvalue weighted by Gasteiger charge is -2.22. The first-order valence-electron chi connectivity index (χ1n) is 16.3. The molecule has 45 heavy (non-hydrogen) atoms. The molecule has 0 bridgehead atoms. The minimum absolute atomic E-state index is 0.243. The molecule has 0 spiro atoms. The summed E-state index contributed by atoms with van der Waals surface area (Å²) < 4.78 is 12.9. The summed E-state index contributed by atoms with van der Waals surface area (Å²) in [4.78, 5) is 32.7. The normalized spacial score (nSPS) is 17.0. The summed E-state index contributed by atoms with van der Waals surface area (Å²) in [5.41, 5.74) is 3.91. The lowest BCUT2D eigenvalue weighted by atomic mass is 9.96. The molecule has 6 rings (SSSR count). The Bertz CT molecular complexity index is 1480. The third-order valence-electron chi connectivity index (χ3n) is 8.83. The lowest BCUT2D eigenvalue weighted by Crippen LogP contribution is -2.30. The van der Waals surface area contributed by atoms with Crippen LogP contribution in [0.15, 0.2) is 65.8 Å². The Labute approximate surface area is 275 Å². The fraction of sp³-hybridized carbons (Fsp3) is 0.472. The average Bonchev–Trinajstić information content (AvgIpc) is 4.00. The molecule has 2 saturated carbocycles. The third-order valence-corrected chi connectivity index (χ3v) is 10.3. The summed E-state index contributed by atoms with van der Waals surface area (Å²) in [6, 6.07) is 16.5. The molecule has 0 atom stereocenters. The number of hydrogen-bond donors (Lipinski definition) is 0. The van der Waals surface area contributed by atoms with Crippen molar-refractivity contribution < 1.29 is 19.1 Å². The molecule has 3 aromatic rings. The van der Waals surface area contributed by atoms with Crippen molar-refractivity contribution >= 4 is 35.7 Å². The smallest absolute Gasteiger partial charge is 0.222 e. The summed E-state index contributed by atoms with van der Waals surface area (Å²) in [6.07, 6.45) is 13.6. The SMILES string of the molecule is O=CN(CCCCSc1ccc(Cl)c(COC2(c3cnccc3-c3ccccc3OC3CC3)CC2)c1)CCCN1CCCC1=O. The van der Waals surface area contributed by atoms with Crippen LogP contribution in [0.1, 0.15) is 68.9 Å². The van der Waals surface area contributed by atoms with Crippen molar-refractivity contribution in [2.45, 2.75) is 81.0 Å². The van der Waals surface area contributed by atoms with Crippen molar-refractivity contribution in [2.75, 3.05) is 31.9 Å². The first-order chi connectivity index (χ1) is 22.0. The molecule has 1 saturated heterocycles. The molecule has 9 heteroatoms. The fourth-order valence-electron chi connectivity index (χ4n) is 5.95. The minimum Gasteiger partial charge on any atom is -0.490 e. The number of rotatable bonds is 18. The number of para-hydroxylation sites is 1. The van der Waals surface area contributed by atoms with Gasteiger partial charge in [0.25, 0.3) is 0 Å². The van der Waals surface area contributed by atoms with Gasteiger partial charge in [0, 0.05) is 66.0 Å². The number of halogens is 1. The van der Waals surface area contributed by atoms with Gasteiger partial charge in [0.1, 0.15) is 5.75 Å². The van der Waals surface area contributed by atoms with E-state index in [1.807, 2.05) is 34.3 Å². The maximum absolute atomic E-state index is 11.8. The number of benzene rings is 2. The van der Waals surface area contributed by atoms with Crippen molar-refractivity contribution in [1.29, 1.82) is 0 Å². The first kappa shape index (κ1) is 31.9. The van der Waals surface area contributed by atoms with E-state index in [9.17, 15) is 9.59 Å². The van der Waals surface area contributed by atoms with Gasteiger partial charge in [-0.3, -0.25) is 14.6 Å². The van der Waals surface area contributed by atoms with E-state index in [0.29, 0.717) is 30.7 Å². The number of pyridine rings is 1.